The van der Waals surface area contributed by atoms with E-state index in [2.05, 4.69) is 17.1 Å². The number of methoxy groups -OCH3 is 1. The predicted molar refractivity (Wildman–Crippen MR) is 72.7 cm³/mol. The molecule has 2 heterocycles. The second-order valence-corrected chi connectivity index (χ2v) is 5.72. The van der Waals surface area contributed by atoms with Crippen LogP contribution in [0.4, 0.5) is 4.39 Å². The van der Waals surface area contributed by atoms with Gasteiger partial charge in [0.1, 0.15) is 0 Å². The Balaban J connectivity index is 1.70. The molecule has 0 amide bonds. The highest BCUT2D eigenvalue weighted by Gasteiger charge is 2.41. The molecule has 1 N–H and O–H groups in total. The fourth-order valence-corrected chi connectivity index (χ4v) is 3.51. The first-order chi connectivity index (χ1) is 9.19. The van der Waals surface area contributed by atoms with Gasteiger partial charge in [0.15, 0.2) is 11.6 Å². The van der Waals surface area contributed by atoms with Crippen molar-refractivity contribution in [3.8, 4) is 5.75 Å². The van der Waals surface area contributed by atoms with Crippen LogP contribution in [0.25, 0.3) is 0 Å². The van der Waals surface area contributed by atoms with E-state index in [-0.39, 0.29) is 5.82 Å². The molecule has 3 nitrogen and oxygen atoms in total. The van der Waals surface area contributed by atoms with E-state index in [4.69, 9.17) is 4.74 Å². The molecule has 1 aromatic carbocycles. The highest BCUT2D eigenvalue weighted by Crippen LogP contribution is 2.33. The number of fused-ring (bicyclic) bond motifs is 1. The molecule has 3 unspecified atom stereocenters. The highest BCUT2D eigenvalue weighted by molar-refractivity contribution is 5.29. The number of benzene rings is 1. The molecule has 0 bridgehead atoms. The molecule has 0 aliphatic carbocycles. The molecule has 4 heteroatoms. The Morgan fingerprint density at radius 3 is 2.95 bits per heavy atom. The molecule has 104 valence electrons. The summed E-state index contributed by atoms with van der Waals surface area (Å²) in [6.45, 7) is 6.49. The maximum absolute atomic E-state index is 13.7. The lowest BCUT2D eigenvalue weighted by Gasteiger charge is -2.24. The Morgan fingerprint density at radius 2 is 2.26 bits per heavy atom. The minimum Gasteiger partial charge on any atom is -0.494 e. The standard InChI is InChI=1S/C15H21FN2O/c1-10-13-7-17-6-12(13)9-18(10)8-11-3-4-15(19-2)14(16)5-11/h3-5,10,12-13,17H,6-9H2,1-2H3. The molecule has 3 rings (SSSR count). The molecule has 0 saturated carbocycles. The van der Waals surface area contributed by atoms with Gasteiger partial charge in [0, 0.05) is 19.1 Å². The average Bonchev–Trinajstić information content (AvgIpc) is 2.95. The van der Waals surface area contributed by atoms with Crippen molar-refractivity contribution in [3.63, 3.8) is 0 Å². The van der Waals surface area contributed by atoms with E-state index < -0.39 is 0 Å². The Bertz CT molecular complexity index is 465. The molecular formula is C15H21FN2O. The summed E-state index contributed by atoms with van der Waals surface area (Å²) in [5.41, 5.74) is 1.03. The number of nitrogens with one attached hydrogen (secondary N) is 1. The zero-order chi connectivity index (χ0) is 13.4. The van der Waals surface area contributed by atoms with E-state index >= 15 is 0 Å². The molecule has 1 aromatic rings. The van der Waals surface area contributed by atoms with Crippen molar-refractivity contribution in [1.82, 2.24) is 10.2 Å². The van der Waals surface area contributed by atoms with Crippen molar-refractivity contribution >= 4 is 0 Å². The van der Waals surface area contributed by atoms with Crippen molar-refractivity contribution in [3.05, 3.63) is 29.6 Å². The van der Waals surface area contributed by atoms with Crippen molar-refractivity contribution in [1.29, 1.82) is 0 Å². The molecule has 2 fully saturated rings. The molecule has 2 saturated heterocycles. The minimum absolute atomic E-state index is 0.270. The van der Waals surface area contributed by atoms with Crippen molar-refractivity contribution in [2.75, 3.05) is 26.7 Å². The quantitative estimate of drug-likeness (QED) is 0.902. The highest BCUT2D eigenvalue weighted by atomic mass is 19.1. The summed E-state index contributed by atoms with van der Waals surface area (Å²) in [4.78, 5) is 2.47. The maximum atomic E-state index is 13.7. The Morgan fingerprint density at radius 1 is 1.42 bits per heavy atom. The van der Waals surface area contributed by atoms with Gasteiger partial charge in [0.2, 0.25) is 0 Å². The van der Waals surface area contributed by atoms with Gasteiger partial charge in [-0.3, -0.25) is 4.90 Å². The second-order valence-electron chi connectivity index (χ2n) is 5.72. The second kappa shape index (κ2) is 5.10. The van der Waals surface area contributed by atoms with Gasteiger partial charge in [-0.25, -0.2) is 4.39 Å². The van der Waals surface area contributed by atoms with Crippen molar-refractivity contribution in [2.24, 2.45) is 11.8 Å². The van der Waals surface area contributed by atoms with Gasteiger partial charge >= 0.3 is 0 Å². The van der Waals surface area contributed by atoms with Gasteiger partial charge in [-0.2, -0.15) is 0 Å². The van der Waals surface area contributed by atoms with Crippen LogP contribution >= 0.6 is 0 Å². The van der Waals surface area contributed by atoms with Crippen LogP contribution in [0.1, 0.15) is 12.5 Å². The van der Waals surface area contributed by atoms with Crippen LogP contribution in [0.3, 0.4) is 0 Å². The van der Waals surface area contributed by atoms with Crippen LogP contribution in [0.2, 0.25) is 0 Å². The lowest BCUT2D eigenvalue weighted by Crippen LogP contribution is -2.32. The number of hydrogen-bond acceptors (Lipinski definition) is 3. The molecule has 0 spiro atoms. The zero-order valence-electron chi connectivity index (χ0n) is 11.5. The summed E-state index contributed by atoms with van der Waals surface area (Å²) in [5, 5.41) is 3.46. The first-order valence-corrected chi connectivity index (χ1v) is 6.96. The molecule has 19 heavy (non-hydrogen) atoms. The Hall–Kier alpha value is -1.13. The van der Waals surface area contributed by atoms with E-state index in [1.807, 2.05) is 6.07 Å². The largest absolute Gasteiger partial charge is 0.494 e. The summed E-state index contributed by atoms with van der Waals surface area (Å²) in [7, 11) is 1.49. The van der Waals surface area contributed by atoms with Crippen LogP contribution in [-0.2, 0) is 6.54 Å². The van der Waals surface area contributed by atoms with Gasteiger partial charge in [0.05, 0.1) is 7.11 Å². The topological polar surface area (TPSA) is 24.5 Å². The van der Waals surface area contributed by atoms with Crippen LogP contribution in [-0.4, -0.2) is 37.7 Å². The van der Waals surface area contributed by atoms with Crippen LogP contribution < -0.4 is 10.1 Å². The SMILES string of the molecule is COc1ccc(CN2CC3CNCC3C2C)cc1F. The fourth-order valence-electron chi connectivity index (χ4n) is 3.51. The monoisotopic (exact) mass is 264 g/mol. The molecule has 2 aliphatic rings. The number of halogens is 1. The van der Waals surface area contributed by atoms with Gasteiger partial charge in [-0.1, -0.05) is 6.07 Å². The lowest BCUT2D eigenvalue weighted by molar-refractivity contribution is 0.231. The smallest absolute Gasteiger partial charge is 0.165 e. The summed E-state index contributed by atoms with van der Waals surface area (Å²) in [6.07, 6.45) is 0. The number of rotatable bonds is 3. The Labute approximate surface area is 113 Å². The number of ether oxygens (including phenoxy) is 1. The van der Waals surface area contributed by atoms with Gasteiger partial charge in [-0.15, -0.1) is 0 Å². The predicted octanol–water partition coefficient (Wildman–Crippen LogP) is 1.87. The fraction of sp³-hybridized carbons (Fsp3) is 0.600. The Kier molecular flexibility index (Phi) is 3.46. The third kappa shape index (κ3) is 2.35. The molecule has 0 aromatic heterocycles. The van der Waals surface area contributed by atoms with Gasteiger partial charge in [0.25, 0.3) is 0 Å². The zero-order valence-corrected chi connectivity index (χ0v) is 11.5. The van der Waals surface area contributed by atoms with Crippen molar-refractivity contribution < 1.29 is 9.13 Å². The molecule has 3 atom stereocenters. The van der Waals surface area contributed by atoms with E-state index in [9.17, 15) is 4.39 Å². The molecule has 2 aliphatic heterocycles. The summed E-state index contributed by atoms with van der Waals surface area (Å²) >= 11 is 0. The lowest BCUT2D eigenvalue weighted by atomic mass is 9.95. The maximum Gasteiger partial charge on any atom is 0.165 e. The van der Waals surface area contributed by atoms with Crippen LogP contribution in [0, 0.1) is 17.7 Å². The van der Waals surface area contributed by atoms with E-state index in [1.54, 1.807) is 12.1 Å². The minimum atomic E-state index is -0.270. The van der Waals surface area contributed by atoms with Gasteiger partial charge < -0.3 is 10.1 Å². The summed E-state index contributed by atoms with van der Waals surface area (Å²) in [5.74, 6) is 1.56. The van der Waals surface area contributed by atoms with E-state index in [0.29, 0.717) is 11.8 Å². The third-order valence-corrected chi connectivity index (χ3v) is 4.66. The van der Waals surface area contributed by atoms with E-state index in [0.717, 1.165) is 43.6 Å². The first-order valence-electron chi connectivity index (χ1n) is 6.96. The van der Waals surface area contributed by atoms with Gasteiger partial charge in [-0.05, 0) is 49.5 Å². The summed E-state index contributed by atoms with van der Waals surface area (Å²) in [6, 6.07) is 5.84. The first kappa shape index (κ1) is 12.9. The molecule has 0 radical (unpaired) electrons. The van der Waals surface area contributed by atoms with E-state index in [1.165, 1.54) is 7.11 Å². The number of nitrogens with zero attached hydrogens (tertiary/aromatic N) is 1. The number of hydrogen-bond donors (Lipinski definition) is 1. The normalized spacial score (nSPS) is 30.6. The van der Waals surface area contributed by atoms with Crippen LogP contribution in [0.5, 0.6) is 5.75 Å². The van der Waals surface area contributed by atoms with Crippen molar-refractivity contribution in [2.45, 2.75) is 19.5 Å². The third-order valence-electron chi connectivity index (χ3n) is 4.66. The summed E-state index contributed by atoms with van der Waals surface area (Å²) < 4.78 is 18.7. The van der Waals surface area contributed by atoms with Crippen LogP contribution in [0.15, 0.2) is 18.2 Å². The number of likely N-dealkylation sites (tertiary alicyclic amines) is 1. The average molecular weight is 264 g/mol. The molecular weight excluding hydrogens is 243 g/mol.